The smallest absolute Gasteiger partial charge is 0.262 e. The number of aromatic nitrogens is 2. The Morgan fingerprint density at radius 3 is 2.50 bits per heavy atom. The summed E-state index contributed by atoms with van der Waals surface area (Å²) in [4.78, 5) is 16.8. The molecule has 3 aromatic carbocycles. The van der Waals surface area contributed by atoms with E-state index >= 15 is 0 Å². The Hall–Kier alpha value is -3.64. The number of hydrogen-bond acceptors (Lipinski definition) is 5. The van der Waals surface area contributed by atoms with Gasteiger partial charge in [-0.2, -0.15) is 4.98 Å². The first-order chi connectivity index (χ1) is 14.6. The third-order valence-corrected chi connectivity index (χ3v) is 4.77. The van der Waals surface area contributed by atoms with Gasteiger partial charge in [-0.1, -0.05) is 65.3 Å². The molecule has 4 aromatic rings. The van der Waals surface area contributed by atoms with Crippen molar-refractivity contribution in [3.8, 4) is 28.6 Å². The average Bonchev–Trinajstić information content (AvgIpc) is 3.24. The summed E-state index contributed by atoms with van der Waals surface area (Å²) in [5, 5.41) is 7.27. The zero-order valence-corrected chi connectivity index (χ0v) is 16.9. The zero-order chi connectivity index (χ0) is 20.9. The van der Waals surface area contributed by atoms with E-state index in [2.05, 4.69) is 15.5 Å². The number of para-hydroxylation sites is 2. The summed E-state index contributed by atoms with van der Waals surface area (Å²) >= 11 is 6.07. The maximum Gasteiger partial charge on any atom is 0.262 e. The first-order valence-electron chi connectivity index (χ1n) is 9.28. The number of halogens is 1. The Bertz CT molecular complexity index is 1190. The molecule has 0 bridgehead atoms. The third-order valence-electron chi connectivity index (χ3n) is 4.44. The second-order valence-electron chi connectivity index (χ2n) is 6.55. The van der Waals surface area contributed by atoms with Crippen LogP contribution in [0.5, 0.6) is 5.75 Å². The van der Waals surface area contributed by atoms with Gasteiger partial charge in [-0.15, -0.1) is 0 Å². The van der Waals surface area contributed by atoms with E-state index in [1.165, 1.54) is 0 Å². The molecule has 0 saturated carbocycles. The predicted molar refractivity (Wildman–Crippen MR) is 115 cm³/mol. The lowest BCUT2D eigenvalue weighted by molar-refractivity contribution is -0.118. The Labute approximate surface area is 178 Å². The largest absolute Gasteiger partial charge is 0.483 e. The van der Waals surface area contributed by atoms with Crippen LogP contribution in [0.1, 0.15) is 5.56 Å². The highest BCUT2D eigenvalue weighted by Crippen LogP contribution is 2.31. The lowest BCUT2D eigenvalue weighted by Gasteiger charge is -2.10. The van der Waals surface area contributed by atoms with Crippen molar-refractivity contribution >= 4 is 23.2 Å². The van der Waals surface area contributed by atoms with E-state index in [-0.39, 0.29) is 12.5 Å². The molecule has 1 amide bonds. The van der Waals surface area contributed by atoms with Gasteiger partial charge in [-0.25, -0.2) is 0 Å². The van der Waals surface area contributed by atoms with Crippen molar-refractivity contribution in [2.75, 3.05) is 11.9 Å². The van der Waals surface area contributed by atoms with Gasteiger partial charge in [0.05, 0.1) is 16.3 Å². The Morgan fingerprint density at radius 1 is 1.00 bits per heavy atom. The summed E-state index contributed by atoms with van der Waals surface area (Å²) in [6, 6.07) is 22.0. The van der Waals surface area contributed by atoms with Gasteiger partial charge in [-0.3, -0.25) is 4.79 Å². The second-order valence-corrected chi connectivity index (χ2v) is 6.96. The Balaban J connectivity index is 1.50. The van der Waals surface area contributed by atoms with E-state index in [0.717, 1.165) is 11.1 Å². The van der Waals surface area contributed by atoms with Crippen LogP contribution in [0.4, 0.5) is 5.69 Å². The summed E-state index contributed by atoms with van der Waals surface area (Å²) in [5.74, 6) is 0.945. The predicted octanol–water partition coefficient (Wildman–Crippen LogP) is 5.38. The van der Waals surface area contributed by atoms with Crippen molar-refractivity contribution in [2.45, 2.75) is 6.92 Å². The SMILES string of the molecule is Cc1ccccc1-c1noc(-c2ccccc2OCC(=O)Nc2ccccc2Cl)n1. The van der Waals surface area contributed by atoms with Crippen molar-refractivity contribution in [3.05, 3.63) is 83.4 Å². The topological polar surface area (TPSA) is 77.2 Å². The third kappa shape index (κ3) is 4.34. The average molecular weight is 420 g/mol. The van der Waals surface area contributed by atoms with Crippen LogP contribution >= 0.6 is 11.6 Å². The molecule has 0 aliphatic heterocycles. The van der Waals surface area contributed by atoms with Crippen LogP contribution in [0, 0.1) is 6.92 Å². The molecule has 1 aromatic heterocycles. The van der Waals surface area contributed by atoms with Crippen LogP contribution < -0.4 is 10.1 Å². The maximum atomic E-state index is 12.3. The fraction of sp³-hybridized carbons (Fsp3) is 0.0870. The maximum absolute atomic E-state index is 12.3. The summed E-state index contributed by atoms with van der Waals surface area (Å²) in [7, 11) is 0. The molecule has 150 valence electrons. The highest BCUT2D eigenvalue weighted by atomic mass is 35.5. The zero-order valence-electron chi connectivity index (χ0n) is 16.1. The minimum Gasteiger partial charge on any atom is -0.483 e. The number of nitrogens with one attached hydrogen (secondary N) is 1. The van der Waals surface area contributed by atoms with E-state index in [9.17, 15) is 4.79 Å². The highest BCUT2D eigenvalue weighted by Gasteiger charge is 2.16. The number of ether oxygens (including phenoxy) is 1. The van der Waals surface area contributed by atoms with Gasteiger partial charge in [0.1, 0.15) is 5.75 Å². The van der Waals surface area contributed by atoms with E-state index in [1.807, 2.05) is 43.3 Å². The highest BCUT2D eigenvalue weighted by molar-refractivity contribution is 6.33. The van der Waals surface area contributed by atoms with Crippen molar-refractivity contribution in [2.24, 2.45) is 0 Å². The molecule has 0 spiro atoms. The van der Waals surface area contributed by atoms with Gasteiger partial charge in [0.15, 0.2) is 6.61 Å². The lowest BCUT2D eigenvalue weighted by atomic mass is 10.1. The number of benzene rings is 3. The Kier molecular flexibility index (Phi) is 5.77. The van der Waals surface area contributed by atoms with Crippen LogP contribution in [-0.2, 0) is 4.79 Å². The molecule has 1 N–H and O–H groups in total. The molecule has 0 atom stereocenters. The van der Waals surface area contributed by atoms with E-state index in [4.69, 9.17) is 20.9 Å². The van der Waals surface area contributed by atoms with Crippen molar-refractivity contribution < 1.29 is 14.1 Å². The second kappa shape index (κ2) is 8.80. The molecular formula is C23H18ClN3O3. The normalized spacial score (nSPS) is 10.6. The quantitative estimate of drug-likeness (QED) is 0.453. The Morgan fingerprint density at radius 2 is 1.70 bits per heavy atom. The first-order valence-corrected chi connectivity index (χ1v) is 9.66. The van der Waals surface area contributed by atoms with E-state index in [0.29, 0.717) is 33.7 Å². The standard InChI is InChI=1S/C23H18ClN3O3/c1-15-8-2-3-9-16(15)22-26-23(30-27-22)17-10-4-7-13-20(17)29-14-21(28)25-19-12-6-5-11-18(19)24/h2-13H,14H2,1H3,(H,25,28). The van der Waals surface area contributed by atoms with Gasteiger partial charge in [0, 0.05) is 5.56 Å². The summed E-state index contributed by atoms with van der Waals surface area (Å²) < 4.78 is 11.2. The van der Waals surface area contributed by atoms with E-state index < -0.39 is 0 Å². The minimum atomic E-state index is -0.330. The number of rotatable bonds is 6. The summed E-state index contributed by atoms with van der Waals surface area (Å²) in [6.45, 7) is 1.79. The van der Waals surface area contributed by atoms with Crippen LogP contribution in [0.25, 0.3) is 22.8 Å². The van der Waals surface area contributed by atoms with Crippen LogP contribution in [-0.4, -0.2) is 22.7 Å². The molecule has 0 fully saturated rings. The van der Waals surface area contributed by atoms with Crippen LogP contribution in [0.15, 0.2) is 77.3 Å². The first kappa shape index (κ1) is 19.7. The number of aryl methyl sites for hydroxylation is 1. The van der Waals surface area contributed by atoms with Crippen molar-refractivity contribution in [3.63, 3.8) is 0 Å². The molecule has 0 aliphatic rings. The summed E-state index contributed by atoms with van der Waals surface area (Å²) in [6.07, 6.45) is 0. The van der Waals surface area contributed by atoms with Gasteiger partial charge in [0.2, 0.25) is 5.82 Å². The molecule has 0 aliphatic carbocycles. The summed E-state index contributed by atoms with van der Waals surface area (Å²) in [5.41, 5.74) is 3.08. The molecule has 0 radical (unpaired) electrons. The molecule has 4 rings (SSSR count). The van der Waals surface area contributed by atoms with Gasteiger partial charge in [0.25, 0.3) is 11.8 Å². The van der Waals surface area contributed by atoms with Gasteiger partial charge >= 0.3 is 0 Å². The molecule has 0 saturated heterocycles. The minimum absolute atomic E-state index is 0.193. The number of amides is 1. The molecule has 1 heterocycles. The monoisotopic (exact) mass is 419 g/mol. The molecule has 7 heteroatoms. The molecule has 30 heavy (non-hydrogen) atoms. The fourth-order valence-electron chi connectivity index (χ4n) is 2.93. The number of anilines is 1. The fourth-order valence-corrected chi connectivity index (χ4v) is 3.11. The van der Waals surface area contributed by atoms with Gasteiger partial charge < -0.3 is 14.6 Å². The number of carbonyl (C=O) groups excluding carboxylic acids is 1. The number of carbonyl (C=O) groups is 1. The molecular weight excluding hydrogens is 402 g/mol. The van der Waals surface area contributed by atoms with Crippen LogP contribution in [0.3, 0.4) is 0 Å². The number of hydrogen-bond donors (Lipinski definition) is 1. The molecule has 6 nitrogen and oxygen atoms in total. The van der Waals surface area contributed by atoms with Crippen molar-refractivity contribution in [1.29, 1.82) is 0 Å². The van der Waals surface area contributed by atoms with Gasteiger partial charge in [-0.05, 0) is 36.8 Å². The number of nitrogens with zero attached hydrogens (tertiary/aromatic N) is 2. The van der Waals surface area contributed by atoms with Crippen molar-refractivity contribution in [1.82, 2.24) is 10.1 Å². The van der Waals surface area contributed by atoms with Crippen LogP contribution in [0.2, 0.25) is 5.02 Å². The molecule has 0 unspecified atom stereocenters. The lowest BCUT2D eigenvalue weighted by Crippen LogP contribution is -2.20. The van der Waals surface area contributed by atoms with E-state index in [1.54, 1.807) is 36.4 Å².